The number of hydrogen-bond acceptors (Lipinski definition) is 6. The highest BCUT2D eigenvalue weighted by molar-refractivity contribution is 6.31. The molecule has 166 valence electrons. The van der Waals surface area contributed by atoms with Crippen LogP contribution in [0.15, 0.2) is 72.3 Å². The summed E-state index contributed by atoms with van der Waals surface area (Å²) in [6.07, 6.45) is 1.35. The first-order chi connectivity index (χ1) is 15.9. The SMILES string of the molecule is COc1cc(C=C(C#N)C(=O)Nc2ccccc2[N+](=O)[O-])ccc1OCc1ccccc1Cl. The maximum atomic E-state index is 12.5. The molecule has 3 aromatic carbocycles. The van der Waals surface area contributed by atoms with Crippen LogP contribution in [0.3, 0.4) is 0 Å². The van der Waals surface area contributed by atoms with Crippen LogP contribution in [0.2, 0.25) is 5.02 Å². The predicted molar refractivity (Wildman–Crippen MR) is 124 cm³/mol. The molecule has 0 saturated heterocycles. The van der Waals surface area contributed by atoms with Crippen molar-refractivity contribution in [3.05, 3.63) is 98.6 Å². The first-order valence-corrected chi connectivity index (χ1v) is 10.0. The first kappa shape index (κ1) is 23.3. The number of nitro benzene ring substituents is 1. The fraction of sp³-hybridized carbons (Fsp3) is 0.0833. The molecule has 1 N–H and O–H groups in total. The largest absolute Gasteiger partial charge is 0.493 e. The lowest BCUT2D eigenvalue weighted by Gasteiger charge is -2.12. The highest BCUT2D eigenvalue weighted by atomic mass is 35.5. The molecule has 3 aromatic rings. The minimum Gasteiger partial charge on any atom is -0.493 e. The van der Waals surface area contributed by atoms with E-state index >= 15 is 0 Å². The summed E-state index contributed by atoms with van der Waals surface area (Å²) in [5.41, 5.74) is 0.800. The van der Waals surface area contributed by atoms with Crippen molar-refractivity contribution in [3.8, 4) is 17.6 Å². The van der Waals surface area contributed by atoms with Crippen LogP contribution in [-0.2, 0) is 11.4 Å². The van der Waals surface area contributed by atoms with E-state index in [2.05, 4.69) is 5.32 Å². The summed E-state index contributed by atoms with van der Waals surface area (Å²) in [6, 6.07) is 19.7. The van der Waals surface area contributed by atoms with Crippen LogP contribution < -0.4 is 14.8 Å². The molecule has 0 radical (unpaired) electrons. The molecule has 0 spiro atoms. The van der Waals surface area contributed by atoms with Gasteiger partial charge in [-0.05, 0) is 35.9 Å². The van der Waals surface area contributed by atoms with Gasteiger partial charge in [-0.2, -0.15) is 5.26 Å². The molecule has 0 fully saturated rings. The normalized spacial score (nSPS) is 10.8. The number of halogens is 1. The van der Waals surface area contributed by atoms with Gasteiger partial charge in [0.2, 0.25) is 0 Å². The van der Waals surface area contributed by atoms with E-state index in [-0.39, 0.29) is 23.6 Å². The molecule has 0 atom stereocenters. The third kappa shape index (κ3) is 5.87. The summed E-state index contributed by atoms with van der Waals surface area (Å²) in [7, 11) is 1.47. The zero-order valence-electron chi connectivity index (χ0n) is 17.4. The number of carbonyl (C=O) groups is 1. The Morgan fingerprint density at radius 2 is 1.88 bits per heavy atom. The Kier molecular flexibility index (Phi) is 7.63. The monoisotopic (exact) mass is 463 g/mol. The van der Waals surface area contributed by atoms with E-state index in [0.29, 0.717) is 22.1 Å². The van der Waals surface area contributed by atoms with Gasteiger partial charge in [0, 0.05) is 16.7 Å². The van der Waals surface area contributed by atoms with Crippen LogP contribution in [0, 0.1) is 21.4 Å². The van der Waals surface area contributed by atoms with Crippen molar-refractivity contribution in [2.24, 2.45) is 0 Å². The first-order valence-electron chi connectivity index (χ1n) is 9.63. The molecule has 0 aromatic heterocycles. The van der Waals surface area contributed by atoms with Crippen LogP contribution in [0.4, 0.5) is 11.4 Å². The Morgan fingerprint density at radius 1 is 1.15 bits per heavy atom. The Balaban J connectivity index is 1.79. The second-order valence-corrected chi connectivity index (χ2v) is 7.10. The van der Waals surface area contributed by atoms with Crippen molar-refractivity contribution in [1.29, 1.82) is 5.26 Å². The molecule has 33 heavy (non-hydrogen) atoms. The van der Waals surface area contributed by atoms with Gasteiger partial charge in [-0.25, -0.2) is 0 Å². The number of carbonyl (C=O) groups excluding carboxylic acids is 1. The molecule has 0 unspecified atom stereocenters. The molecule has 0 heterocycles. The zero-order valence-corrected chi connectivity index (χ0v) is 18.2. The minimum absolute atomic E-state index is 0.00505. The summed E-state index contributed by atoms with van der Waals surface area (Å²) in [5, 5.41) is 23.6. The smallest absolute Gasteiger partial charge is 0.292 e. The molecule has 0 bridgehead atoms. The third-order valence-corrected chi connectivity index (χ3v) is 4.92. The molecule has 0 saturated carbocycles. The number of methoxy groups -OCH3 is 1. The second kappa shape index (κ2) is 10.8. The number of para-hydroxylation sites is 2. The number of nitrogens with zero attached hydrogens (tertiary/aromatic N) is 2. The maximum Gasteiger partial charge on any atom is 0.292 e. The summed E-state index contributed by atoms with van der Waals surface area (Å²) in [4.78, 5) is 23.1. The molecule has 0 aliphatic rings. The molecule has 0 aliphatic carbocycles. The number of benzene rings is 3. The van der Waals surface area contributed by atoms with Crippen LogP contribution in [0.5, 0.6) is 11.5 Å². The van der Waals surface area contributed by atoms with E-state index in [1.165, 1.54) is 31.4 Å². The highest BCUT2D eigenvalue weighted by Gasteiger charge is 2.17. The van der Waals surface area contributed by atoms with E-state index < -0.39 is 10.8 Å². The van der Waals surface area contributed by atoms with Crippen molar-refractivity contribution in [1.82, 2.24) is 0 Å². The summed E-state index contributed by atoms with van der Waals surface area (Å²) in [5.74, 6) is 0.0782. The average Bonchev–Trinajstić information content (AvgIpc) is 2.82. The lowest BCUT2D eigenvalue weighted by molar-refractivity contribution is -0.383. The second-order valence-electron chi connectivity index (χ2n) is 6.69. The summed E-state index contributed by atoms with van der Waals surface area (Å²) >= 11 is 6.15. The summed E-state index contributed by atoms with van der Waals surface area (Å²) < 4.78 is 11.2. The van der Waals surface area contributed by atoms with E-state index in [1.54, 1.807) is 30.3 Å². The Bertz CT molecular complexity index is 1270. The van der Waals surface area contributed by atoms with Crippen molar-refractivity contribution in [3.63, 3.8) is 0 Å². The van der Waals surface area contributed by atoms with Crippen LogP contribution in [0.25, 0.3) is 6.08 Å². The Hall–Kier alpha value is -4.35. The lowest BCUT2D eigenvalue weighted by atomic mass is 10.1. The number of hydrogen-bond donors (Lipinski definition) is 1. The molecule has 8 nitrogen and oxygen atoms in total. The van der Waals surface area contributed by atoms with Gasteiger partial charge in [-0.1, -0.05) is 48.0 Å². The van der Waals surface area contributed by atoms with E-state index in [4.69, 9.17) is 21.1 Å². The predicted octanol–water partition coefficient (Wildman–Crippen LogP) is 5.38. The van der Waals surface area contributed by atoms with Gasteiger partial charge >= 0.3 is 0 Å². The third-order valence-electron chi connectivity index (χ3n) is 4.55. The van der Waals surface area contributed by atoms with Crippen molar-refractivity contribution in [2.45, 2.75) is 6.61 Å². The standard InChI is InChI=1S/C24H18ClN3O5/c1-32-23-13-16(10-11-22(23)33-15-17-6-2-3-7-19(17)25)12-18(14-26)24(29)27-20-8-4-5-9-21(20)28(30)31/h2-13H,15H2,1H3,(H,27,29). The fourth-order valence-corrected chi connectivity index (χ4v) is 3.10. The number of nitrogens with one attached hydrogen (secondary N) is 1. The van der Waals surface area contributed by atoms with Crippen molar-refractivity contribution in [2.75, 3.05) is 12.4 Å². The number of rotatable bonds is 8. The van der Waals surface area contributed by atoms with E-state index in [1.807, 2.05) is 24.3 Å². The van der Waals surface area contributed by atoms with Gasteiger partial charge in [0.15, 0.2) is 11.5 Å². The number of amides is 1. The average molecular weight is 464 g/mol. The van der Waals surface area contributed by atoms with E-state index in [0.717, 1.165) is 5.56 Å². The number of ether oxygens (including phenoxy) is 2. The van der Waals surface area contributed by atoms with Crippen molar-refractivity contribution < 1.29 is 19.2 Å². The van der Waals surface area contributed by atoms with Gasteiger partial charge in [-0.15, -0.1) is 0 Å². The molecule has 0 aliphatic heterocycles. The van der Waals surface area contributed by atoms with E-state index in [9.17, 15) is 20.2 Å². The van der Waals surface area contributed by atoms with Crippen molar-refractivity contribution >= 4 is 35.0 Å². The quantitative estimate of drug-likeness (QED) is 0.207. The Morgan fingerprint density at radius 3 is 2.58 bits per heavy atom. The number of nitriles is 1. The minimum atomic E-state index is -0.773. The van der Waals surface area contributed by atoms with Gasteiger partial charge in [-0.3, -0.25) is 14.9 Å². The fourth-order valence-electron chi connectivity index (χ4n) is 2.91. The lowest BCUT2D eigenvalue weighted by Crippen LogP contribution is -2.14. The van der Waals surface area contributed by atoms with Gasteiger partial charge in [0.05, 0.1) is 12.0 Å². The van der Waals surface area contributed by atoms with Crippen LogP contribution >= 0.6 is 11.6 Å². The maximum absolute atomic E-state index is 12.5. The topological polar surface area (TPSA) is 114 Å². The molecular weight excluding hydrogens is 446 g/mol. The van der Waals surface area contributed by atoms with Crippen LogP contribution in [-0.4, -0.2) is 17.9 Å². The highest BCUT2D eigenvalue weighted by Crippen LogP contribution is 2.31. The molecule has 9 heteroatoms. The van der Waals surface area contributed by atoms with Gasteiger partial charge < -0.3 is 14.8 Å². The zero-order chi connectivity index (χ0) is 23.8. The van der Waals surface area contributed by atoms with Gasteiger partial charge in [0.1, 0.15) is 23.9 Å². The number of nitro groups is 1. The van der Waals surface area contributed by atoms with Crippen LogP contribution in [0.1, 0.15) is 11.1 Å². The molecule has 3 rings (SSSR count). The summed E-state index contributed by atoms with van der Waals surface area (Å²) in [6.45, 7) is 0.229. The number of anilines is 1. The molecular formula is C24H18ClN3O5. The van der Waals surface area contributed by atoms with Gasteiger partial charge in [0.25, 0.3) is 11.6 Å². The molecule has 1 amide bonds. The Labute approximate surface area is 194 Å².